The van der Waals surface area contributed by atoms with E-state index in [1.807, 2.05) is 24.3 Å². The summed E-state index contributed by atoms with van der Waals surface area (Å²) in [7, 11) is 0. The van der Waals surface area contributed by atoms with Crippen molar-refractivity contribution in [3.05, 3.63) is 108 Å². The number of allylic oxidation sites excluding steroid dienone is 1. The number of rotatable bonds is 4. The zero-order chi connectivity index (χ0) is 16.8. The van der Waals surface area contributed by atoms with Gasteiger partial charge in [0.1, 0.15) is 0 Å². The molecule has 118 valence electrons. The summed E-state index contributed by atoms with van der Waals surface area (Å²) < 4.78 is 0. The maximum atomic E-state index is 3.82. The van der Waals surface area contributed by atoms with Gasteiger partial charge in [0.25, 0.3) is 0 Å². The van der Waals surface area contributed by atoms with Gasteiger partial charge in [0.2, 0.25) is 0 Å². The first kappa shape index (κ1) is 15.8. The van der Waals surface area contributed by atoms with E-state index in [0.29, 0.717) is 0 Å². The van der Waals surface area contributed by atoms with E-state index in [1.54, 1.807) is 0 Å². The predicted octanol–water partition coefficient (Wildman–Crippen LogP) is 4.54. The Balaban J connectivity index is 2.20. The van der Waals surface area contributed by atoms with E-state index in [1.165, 1.54) is 5.56 Å². The topological polar surface area (TPSA) is 3.24 Å². The summed E-state index contributed by atoms with van der Waals surface area (Å²) in [5, 5.41) is 2.31. The molecule has 3 rings (SSSR count). The molecule has 1 nitrogen and oxygen atoms in total. The largest absolute Gasteiger partial charge is 0.317 e. The van der Waals surface area contributed by atoms with Gasteiger partial charge in [-0.1, -0.05) is 78.9 Å². The van der Waals surface area contributed by atoms with Crippen LogP contribution in [0.3, 0.4) is 0 Å². The Morgan fingerprint density at radius 2 is 1.29 bits per heavy atom. The van der Waals surface area contributed by atoms with Crippen LogP contribution >= 0.6 is 0 Å². The molecule has 3 aromatic rings. The molecular formula is C23H21N. The van der Waals surface area contributed by atoms with Crippen molar-refractivity contribution in [2.75, 3.05) is 4.90 Å². The van der Waals surface area contributed by atoms with Crippen LogP contribution in [0.4, 0.5) is 11.4 Å². The number of anilines is 2. The first-order valence-electron chi connectivity index (χ1n) is 8.08. The number of hydrogen-bond donors (Lipinski definition) is 0. The van der Waals surface area contributed by atoms with Crippen molar-refractivity contribution in [2.24, 2.45) is 0 Å². The molecule has 0 saturated heterocycles. The maximum absolute atomic E-state index is 3.82. The third kappa shape index (κ3) is 3.64. The monoisotopic (exact) mass is 311 g/mol. The standard InChI is InChI=1S/C23H21N/c1-3-9-20-10-7-8-11-21(20)18-24(22-12-5-4-6-13-22)23-16-14-19(2)15-17-23/h3-18H,1H2,2H3/b20-9-,21-18+. The quantitative estimate of drug-likeness (QED) is 0.684. The Morgan fingerprint density at radius 1 is 0.708 bits per heavy atom. The van der Waals surface area contributed by atoms with Gasteiger partial charge in [-0.3, -0.25) is 0 Å². The minimum Gasteiger partial charge on any atom is -0.317 e. The van der Waals surface area contributed by atoms with Crippen LogP contribution in [0.5, 0.6) is 0 Å². The fraction of sp³-hybridized carbons (Fsp3) is 0.0435. The van der Waals surface area contributed by atoms with Crippen molar-refractivity contribution in [3.8, 4) is 0 Å². The molecule has 0 fully saturated rings. The second kappa shape index (κ2) is 7.47. The first-order valence-corrected chi connectivity index (χ1v) is 8.08. The average Bonchev–Trinajstić information content (AvgIpc) is 2.63. The summed E-state index contributed by atoms with van der Waals surface area (Å²) in [6.07, 6.45) is 6.03. The lowest BCUT2D eigenvalue weighted by atomic mass is 10.2. The Labute approximate surface area is 143 Å². The average molecular weight is 311 g/mol. The van der Waals surface area contributed by atoms with Crippen molar-refractivity contribution in [3.63, 3.8) is 0 Å². The van der Waals surface area contributed by atoms with Crippen LogP contribution in [0.1, 0.15) is 5.56 Å². The lowest BCUT2D eigenvalue weighted by Crippen LogP contribution is -2.27. The molecule has 0 spiro atoms. The van der Waals surface area contributed by atoms with Crippen molar-refractivity contribution < 1.29 is 0 Å². The lowest BCUT2D eigenvalue weighted by Gasteiger charge is -2.21. The molecule has 0 aromatic heterocycles. The maximum Gasteiger partial charge on any atom is 0.0455 e. The number of para-hydroxylation sites is 1. The van der Waals surface area contributed by atoms with Crippen LogP contribution in [0.15, 0.2) is 91.5 Å². The third-order valence-corrected chi connectivity index (χ3v) is 3.91. The number of nitrogens with zero attached hydrogens (tertiary/aromatic N) is 1. The molecule has 24 heavy (non-hydrogen) atoms. The van der Waals surface area contributed by atoms with E-state index in [2.05, 4.69) is 91.3 Å². The Bertz CT molecular complexity index is 922. The lowest BCUT2D eigenvalue weighted by molar-refractivity contribution is 1.31. The van der Waals surface area contributed by atoms with Crippen LogP contribution < -0.4 is 15.3 Å². The highest BCUT2D eigenvalue weighted by Crippen LogP contribution is 2.25. The summed E-state index contributed by atoms with van der Waals surface area (Å²) in [6.45, 7) is 5.93. The molecular weight excluding hydrogens is 290 g/mol. The van der Waals surface area contributed by atoms with Gasteiger partial charge in [-0.25, -0.2) is 0 Å². The molecule has 0 aliphatic heterocycles. The van der Waals surface area contributed by atoms with Gasteiger partial charge in [0.05, 0.1) is 0 Å². The van der Waals surface area contributed by atoms with Gasteiger partial charge in [-0.2, -0.15) is 0 Å². The molecule has 0 atom stereocenters. The molecule has 1 heteroatoms. The second-order valence-corrected chi connectivity index (χ2v) is 5.70. The molecule has 0 saturated carbocycles. The van der Waals surface area contributed by atoms with Gasteiger partial charge >= 0.3 is 0 Å². The van der Waals surface area contributed by atoms with Gasteiger partial charge in [0.15, 0.2) is 0 Å². The van der Waals surface area contributed by atoms with Crippen LogP contribution in [-0.4, -0.2) is 0 Å². The minimum absolute atomic E-state index is 1.13. The molecule has 0 radical (unpaired) electrons. The van der Waals surface area contributed by atoms with Crippen molar-refractivity contribution in [1.29, 1.82) is 0 Å². The number of aryl methyl sites for hydroxylation is 1. The summed E-state index contributed by atoms with van der Waals surface area (Å²) >= 11 is 0. The van der Waals surface area contributed by atoms with E-state index in [0.717, 1.165) is 21.8 Å². The van der Waals surface area contributed by atoms with Crippen LogP contribution in [-0.2, 0) is 0 Å². The highest BCUT2D eigenvalue weighted by molar-refractivity contribution is 5.73. The second-order valence-electron chi connectivity index (χ2n) is 5.70. The van der Waals surface area contributed by atoms with Crippen molar-refractivity contribution in [2.45, 2.75) is 6.92 Å². The molecule has 0 bridgehead atoms. The molecule has 0 aliphatic carbocycles. The van der Waals surface area contributed by atoms with Gasteiger partial charge in [-0.05, 0) is 41.6 Å². The van der Waals surface area contributed by atoms with E-state index in [4.69, 9.17) is 0 Å². The number of hydrogen-bond acceptors (Lipinski definition) is 1. The molecule has 0 aliphatic rings. The summed E-state index contributed by atoms with van der Waals surface area (Å²) in [6, 6.07) is 27.3. The SMILES string of the molecule is C=C/C=c1/cccc/c1=C\N(c1ccccc1)c1ccc(C)cc1. The van der Waals surface area contributed by atoms with Crippen molar-refractivity contribution >= 4 is 23.7 Å². The van der Waals surface area contributed by atoms with E-state index >= 15 is 0 Å². The highest BCUT2D eigenvalue weighted by atomic mass is 15.1. The summed E-state index contributed by atoms with van der Waals surface area (Å²) in [5.74, 6) is 0. The van der Waals surface area contributed by atoms with Crippen molar-refractivity contribution in [1.82, 2.24) is 0 Å². The molecule has 3 aromatic carbocycles. The first-order chi connectivity index (χ1) is 11.8. The smallest absolute Gasteiger partial charge is 0.0455 e. The minimum atomic E-state index is 1.13. The molecule has 0 N–H and O–H groups in total. The van der Waals surface area contributed by atoms with E-state index < -0.39 is 0 Å². The van der Waals surface area contributed by atoms with Gasteiger partial charge < -0.3 is 4.90 Å². The fourth-order valence-corrected chi connectivity index (χ4v) is 2.64. The van der Waals surface area contributed by atoms with Gasteiger partial charge in [-0.15, -0.1) is 0 Å². The summed E-state index contributed by atoms with van der Waals surface area (Å²) in [5.41, 5.74) is 3.53. The zero-order valence-corrected chi connectivity index (χ0v) is 13.9. The van der Waals surface area contributed by atoms with Crippen LogP contribution in [0, 0.1) is 6.92 Å². The molecule has 0 amide bonds. The Kier molecular flexibility index (Phi) is 4.93. The van der Waals surface area contributed by atoms with Crippen LogP contribution in [0.2, 0.25) is 0 Å². The normalized spacial score (nSPS) is 12.2. The Morgan fingerprint density at radius 3 is 1.96 bits per heavy atom. The predicted molar refractivity (Wildman–Crippen MR) is 105 cm³/mol. The fourth-order valence-electron chi connectivity index (χ4n) is 2.64. The third-order valence-electron chi connectivity index (χ3n) is 3.91. The van der Waals surface area contributed by atoms with E-state index in [9.17, 15) is 0 Å². The molecule has 0 unspecified atom stereocenters. The molecule has 0 heterocycles. The highest BCUT2D eigenvalue weighted by Gasteiger charge is 2.05. The summed E-state index contributed by atoms with van der Waals surface area (Å²) in [4.78, 5) is 2.22. The van der Waals surface area contributed by atoms with Crippen LogP contribution in [0.25, 0.3) is 12.3 Å². The Hall–Kier alpha value is -3.06. The van der Waals surface area contributed by atoms with Gasteiger partial charge in [0, 0.05) is 17.6 Å². The van der Waals surface area contributed by atoms with E-state index in [-0.39, 0.29) is 0 Å². The zero-order valence-electron chi connectivity index (χ0n) is 13.9. The number of benzene rings is 3.